The van der Waals surface area contributed by atoms with E-state index >= 15 is 0 Å². The zero-order valence-electron chi connectivity index (χ0n) is 9.87. The molecule has 1 amide bonds. The van der Waals surface area contributed by atoms with E-state index in [1.54, 1.807) is 0 Å². The van der Waals surface area contributed by atoms with Gasteiger partial charge < -0.3 is 10.6 Å². The van der Waals surface area contributed by atoms with Crippen LogP contribution in [0.3, 0.4) is 0 Å². The molecular formula is C13H17ClN2O. The van der Waals surface area contributed by atoms with Crippen LogP contribution in [0.15, 0.2) is 24.3 Å². The van der Waals surface area contributed by atoms with Crippen molar-refractivity contribution >= 4 is 17.5 Å². The first-order valence-electron chi connectivity index (χ1n) is 5.94. The first-order chi connectivity index (χ1) is 8.16. The summed E-state index contributed by atoms with van der Waals surface area (Å²) < 4.78 is 0. The van der Waals surface area contributed by atoms with Gasteiger partial charge in [0.15, 0.2) is 0 Å². The molecule has 1 atom stereocenters. The summed E-state index contributed by atoms with van der Waals surface area (Å²) in [5.74, 6) is 0.0179. The van der Waals surface area contributed by atoms with E-state index in [9.17, 15) is 4.79 Å². The standard InChI is InChI=1S/C13H17ClN2O/c1-9(11-4-2-3-5-12(11)14)16-13(17)8-15-10-6-7-10/h2-5,9-10,15H,6-8H2,1H3,(H,16,17)/t9-/m1/s1. The minimum atomic E-state index is -0.0581. The summed E-state index contributed by atoms with van der Waals surface area (Å²) in [5, 5.41) is 6.81. The third-order valence-corrected chi connectivity index (χ3v) is 3.22. The van der Waals surface area contributed by atoms with Crippen molar-refractivity contribution in [3.05, 3.63) is 34.9 Å². The van der Waals surface area contributed by atoms with Crippen molar-refractivity contribution in [2.24, 2.45) is 0 Å². The predicted molar refractivity (Wildman–Crippen MR) is 69.0 cm³/mol. The van der Waals surface area contributed by atoms with E-state index in [-0.39, 0.29) is 11.9 Å². The molecule has 17 heavy (non-hydrogen) atoms. The Balaban J connectivity index is 1.85. The molecule has 0 heterocycles. The molecule has 2 N–H and O–H groups in total. The Morgan fingerprint density at radius 3 is 2.82 bits per heavy atom. The Morgan fingerprint density at radius 2 is 2.18 bits per heavy atom. The van der Waals surface area contributed by atoms with Gasteiger partial charge in [-0.05, 0) is 31.4 Å². The minimum absolute atomic E-state index is 0.0179. The van der Waals surface area contributed by atoms with Gasteiger partial charge in [-0.15, -0.1) is 0 Å². The fourth-order valence-corrected chi connectivity index (χ4v) is 2.02. The molecule has 4 heteroatoms. The molecule has 1 aliphatic rings. The molecule has 0 aromatic heterocycles. The van der Waals surface area contributed by atoms with E-state index < -0.39 is 0 Å². The first-order valence-corrected chi connectivity index (χ1v) is 6.32. The molecule has 0 saturated heterocycles. The number of hydrogen-bond acceptors (Lipinski definition) is 2. The second-order valence-electron chi connectivity index (χ2n) is 4.47. The molecule has 0 spiro atoms. The lowest BCUT2D eigenvalue weighted by Gasteiger charge is -2.15. The van der Waals surface area contributed by atoms with Crippen LogP contribution in [0.25, 0.3) is 0 Å². The summed E-state index contributed by atoms with van der Waals surface area (Å²) in [7, 11) is 0. The molecule has 0 aliphatic heterocycles. The van der Waals surface area contributed by atoms with Gasteiger partial charge in [-0.1, -0.05) is 29.8 Å². The van der Waals surface area contributed by atoms with Crippen LogP contribution in [0.2, 0.25) is 5.02 Å². The van der Waals surface area contributed by atoms with Gasteiger partial charge in [0, 0.05) is 11.1 Å². The van der Waals surface area contributed by atoms with Gasteiger partial charge in [0.2, 0.25) is 5.91 Å². The van der Waals surface area contributed by atoms with Gasteiger partial charge in [0.1, 0.15) is 0 Å². The van der Waals surface area contributed by atoms with E-state index in [1.807, 2.05) is 31.2 Å². The van der Waals surface area contributed by atoms with Crippen molar-refractivity contribution in [3.63, 3.8) is 0 Å². The van der Waals surface area contributed by atoms with Crippen molar-refractivity contribution < 1.29 is 4.79 Å². The van der Waals surface area contributed by atoms with Gasteiger partial charge in [0.05, 0.1) is 12.6 Å². The molecule has 1 aliphatic carbocycles. The number of benzene rings is 1. The fourth-order valence-electron chi connectivity index (χ4n) is 1.72. The SMILES string of the molecule is C[C@@H](NC(=O)CNC1CC1)c1ccccc1Cl. The number of hydrogen-bond donors (Lipinski definition) is 2. The van der Waals surface area contributed by atoms with Crippen LogP contribution in [-0.2, 0) is 4.79 Å². The number of amides is 1. The van der Waals surface area contributed by atoms with E-state index in [2.05, 4.69) is 10.6 Å². The van der Waals surface area contributed by atoms with Gasteiger partial charge in [0.25, 0.3) is 0 Å². The van der Waals surface area contributed by atoms with Crippen molar-refractivity contribution in [2.45, 2.75) is 31.8 Å². The molecule has 3 nitrogen and oxygen atoms in total. The highest BCUT2D eigenvalue weighted by molar-refractivity contribution is 6.31. The maximum atomic E-state index is 11.7. The highest BCUT2D eigenvalue weighted by Gasteiger charge is 2.21. The summed E-state index contributed by atoms with van der Waals surface area (Å²) in [6.07, 6.45) is 2.38. The number of carbonyl (C=O) groups is 1. The molecule has 92 valence electrons. The summed E-state index contributed by atoms with van der Waals surface area (Å²) in [6.45, 7) is 2.33. The van der Waals surface area contributed by atoms with Crippen LogP contribution in [0.5, 0.6) is 0 Å². The van der Waals surface area contributed by atoms with Crippen LogP contribution in [0.4, 0.5) is 0 Å². The second-order valence-corrected chi connectivity index (χ2v) is 4.87. The van der Waals surface area contributed by atoms with Crippen molar-refractivity contribution in [1.82, 2.24) is 10.6 Å². The van der Waals surface area contributed by atoms with Gasteiger partial charge in [-0.25, -0.2) is 0 Å². The van der Waals surface area contributed by atoms with E-state index in [0.29, 0.717) is 17.6 Å². The normalized spacial score (nSPS) is 16.6. The number of halogens is 1. The van der Waals surface area contributed by atoms with Crippen molar-refractivity contribution in [3.8, 4) is 0 Å². The molecule has 0 radical (unpaired) electrons. The Kier molecular flexibility index (Phi) is 4.02. The molecule has 0 unspecified atom stereocenters. The molecule has 0 bridgehead atoms. The summed E-state index contributed by atoms with van der Waals surface area (Å²) in [6, 6.07) is 8.07. The summed E-state index contributed by atoms with van der Waals surface area (Å²) in [5.41, 5.74) is 0.953. The lowest BCUT2D eigenvalue weighted by Crippen LogP contribution is -2.36. The Hall–Kier alpha value is -1.06. The Bertz CT molecular complexity index is 404. The molecule has 1 saturated carbocycles. The highest BCUT2D eigenvalue weighted by Crippen LogP contribution is 2.22. The van der Waals surface area contributed by atoms with Crippen LogP contribution in [-0.4, -0.2) is 18.5 Å². The lowest BCUT2D eigenvalue weighted by atomic mass is 10.1. The average molecular weight is 253 g/mol. The van der Waals surface area contributed by atoms with Crippen LogP contribution in [0.1, 0.15) is 31.4 Å². The Morgan fingerprint density at radius 1 is 1.47 bits per heavy atom. The monoisotopic (exact) mass is 252 g/mol. The minimum Gasteiger partial charge on any atom is -0.348 e. The zero-order chi connectivity index (χ0) is 12.3. The predicted octanol–water partition coefficient (Wildman–Crippen LogP) is 2.27. The van der Waals surface area contributed by atoms with Crippen LogP contribution < -0.4 is 10.6 Å². The zero-order valence-corrected chi connectivity index (χ0v) is 10.6. The first kappa shape index (κ1) is 12.4. The van der Waals surface area contributed by atoms with Gasteiger partial charge in [-0.2, -0.15) is 0 Å². The molecule has 1 fully saturated rings. The van der Waals surface area contributed by atoms with Crippen molar-refractivity contribution in [1.29, 1.82) is 0 Å². The summed E-state index contributed by atoms with van der Waals surface area (Å²) in [4.78, 5) is 11.7. The lowest BCUT2D eigenvalue weighted by molar-refractivity contribution is -0.120. The maximum absolute atomic E-state index is 11.7. The second kappa shape index (κ2) is 5.52. The van der Waals surface area contributed by atoms with Crippen molar-refractivity contribution in [2.75, 3.05) is 6.54 Å². The van der Waals surface area contributed by atoms with Gasteiger partial charge in [-0.3, -0.25) is 4.79 Å². The fraction of sp³-hybridized carbons (Fsp3) is 0.462. The quantitative estimate of drug-likeness (QED) is 0.844. The third kappa shape index (κ3) is 3.72. The topological polar surface area (TPSA) is 41.1 Å². The number of nitrogens with one attached hydrogen (secondary N) is 2. The molecular weight excluding hydrogens is 236 g/mol. The van der Waals surface area contributed by atoms with E-state index in [0.717, 1.165) is 5.56 Å². The van der Waals surface area contributed by atoms with Crippen LogP contribution >= 0.6 is 11.6 Å². The third-order valence-electron chi connectivity index (χ3n) is 2.88. The van der Waals surface area contributed by atoms with E-state index in [4.69, 9.17) is 11.6 Å². The Labute approximate surface area is 107 Å². The average Bonchev–Trinajstić information content (AvgIpc) is 3.10. The van der Waals surface area contributed by atoms with E-state index in [1.165, 1.54) is 12.8 Å². The van der Waals surface area contributed by atoms with Crippen LogP contribution in [0, 0.1) is 0 Å². The number of carbonyl (C=O) groups excluding carboxylic acids is 1. The molecule has 1 aromatic carbocycles. The van der Waals surface area contributed by atoms with Gasteiger partial charge >= 0.3 is 0 Å². The summed E-state index contributed by atoms with van der Waals surface area (Å²) >= 11 is 6.07. The largest absolute Gasteiger partial charge is 0.348 e. The maximum Gasteiger partial charge on any atom is 0.234 e. The molecule has 2 rings (SSSR count). The highest BCUT2D eigenvalue weighted by atomic mass is 35.5. The smallest absolute Gasteiger partial charge is 0.234 e. The molecule has 1 aromatic rings. The number of rotatable bonds is 5.